The lowest BCUT2D eigenvalue weighted by Gasteiger charge is -2.07. The van der Waals surface area contributed by atoms with Crippen molar-refractivity contribution < 1.29 is 14.3 Å². The third kappa shape index (κ3) is 3.02. The molecule has 0 aliphatic carbocycles. The van der Waals surface area contributed by atoms with Crippen LogP contribution in [0.4, 0.5) is 0 Å². The van der Waals surface area contributed by atoms with Crippen molar-refractivity contribution in [2.75, 3.05) is 6.79 Å². The zero-order valence-corrected chi connectivity index (χ0v) is 12.5. The Bertz CT molecular complexity index is 628. The number of nitrogens with one attached hydrogen (secondary N) is 1. The molecule has 1 saturated heterocycles. The summed E-state index contributed by atoms with van der Waals surface area (Å²) in [4.78, 5) is 11.7. The van der Waals surface area contributed by atoms with Crippen LogP contribution >= 0.6 is 11.8 Å². The number of rotatable bonds is 3. The molecule has 0 bridgehead atoms. The number of amides is 1. The molecule has 7 heteroatoms. The second-order valence-electron chi connectivity index (χ2n) is 5.03. The lowest BCUT2D eigenvalue weighted by molar-refractivity contribution is -0.119. The first-order valence-electron chi connectivity index (χ1n) is 6.61. The number of ether oxygens (including phenoxy) is 2. The number of fused-ring (bicyclic) bond motifs is 1. The fraction of sp³-hybridized carbons (Fsp3) is 0.357. The first kappa shape index (κ1) is 13.9. The molecule has 1 amide bonds. The summed E-state index contributed by atoms with van der Waals surface area (Å²) in [5.74, 6) is 1.69. The van der Waals surface area contributed by atoms with Gasteiger partial charge in [0.2, 0.25) is 12.7 Å². The number of nitrogens with zero attached hydrogens (tertiary/aromatic N) is 2. The number of carbonyl (C=O) groups is 1. The highest BCUT2D eigenvalue weighted by Crippen LogP contribution is 2.32. The standard InChI is InChI=1S/C14H15N3O3S/c1-8(2)12-13(18)16-14(21-12)17-15-6-9-3-4-10-11(5-9)20-7-19-10/h3-6,8,12H,7H2,1-2H3,(H,16,17,18)/b15-6-/t12-/m1/s1. The second kappa shape index (κ2) is 5.77. The summed E-state index contributed by atoms with van der Waals surface area (Å²) < 4.78 is 10.5. The van der Waals surface area contributed by atoms with Crippen LogP contribution in [-0.2, 0) is 4.79 Å². The molecule has 2 aliphatic heterocycles. The fourth-order valence-electron chi connectivity index (χ4n) is 2.01. The van der Waals surface area contributed by atoms with E-state index < -0.39 is 0 Å². The molecule has 1 fully saturated rings. The van der Waals surface area contributed by atoms with Crippen molar-refractivity contribution in [2.24, 2.45) is 16.1 Å². The van der Waals surface area contributed by atoms with E-state index in [-0.39, 0.29) is 23.9 Å². The molecule has 21 heavy (non-hydrogen) atoms. The van der Waals surface area contributed by atoms with E-state index in [0.717, 1.165) is 11.3 Å². The highest BCUT2D eigenvalue weighted by Gasteiger charge is 2.32. The summed E-state index contributed by atoms with van der Waals surface area (Å²) in [5.41, 5.74) is 0.860. The third-order valence-electron chi connectivity index (χ3n) is 3.08. The maximum Gasteiger partial charge on any atom is 0.239 e. The lowest BCUT2D eigenvalue weighted by Crippen LogP contribution is -2.27. The van der Waals surface area contributed by atoms with Crippen molar-refractivity contribution in [3.05, 3.63) is 23.8 Å². The van der Waals surface area contributed by atoms with Gasteiger partial charge in [0, 0.05) is 0 Å². The van der Waals surface area contributed by atoms with Gasteiger partial charge in [-0.1, -0.05) is 25.6 Å². The van der Waals surface area contributed by atoms with Crippen LogP contribution in [0, 0.1) is 5.92 Å². The Morgan fingerprint density at radius 2 is 2.19 bits per heavy atom. The summed E-state index contributed by atoms with van der Waals surface area (Å²) in [6, 6.07) is 5.54. The van der Waals surface area contributed by atoms with Crippen LogP contribution < -0.4 is 14.8 Å². The minimum Gasteiger partial charge on any atom is -0.454 e. The predicted octanol–water partition coefficient (Wildman–Crippen LogP) is 1.99. The normalized spacial score (nSPS) is 22.5. The monoisotopic (exact) mass is 305 g/mol. The van der Waals surface area contributed by atoms with Gasteiger partial charge in [0.1, 0.15) is 0 Å². The topological polar surface area (TPSA) is 72.3 Å². The van der Waals surface area contributed by atoms with Gasteiger partial charge in [-0.15, -0.1) is 5.10 Å². The van der Waals surface area contributed by atoms with Crippen molar-refractivity contribution in [1.82, 2.24) is 5.32 Å². The predicted molar refractivity (Wildman–Crippen MR) is 82.0 cm³/mol. The zero-order valence-electron chi connectivity index (χ0n) is 11.7. The smallest absolute Gasteiger partial charge is 0.239 e. The Kier molecular flexibility index (Phi) is 3.83. The second-order valence-corrected chi connectivity index (χ2v) is 6.16. The Morgan fingerprint density at radius 1 is 1.38 bits per heavy atom. The SMILES string of the molecule is CC(C)[C@H]1S/C(=N/N=C\c2ccc3c(c2)OCO3)NC1=O. The van der Waals surface area contributed by atoms with E-state index in [1.807, 2.05) is 32.0 Å². The third-order valence-corrected chi connectivity index (χ3v) is 4.50. The molecule has 0 aromatic heterocycles. The maximum absolute atomic E-state index is 11.7. The van der Waals surface area contributed by atoms with Crippen LogP contribution in [0.1, 0.15) is 19.4 Å². The molecule has 1 N–H and O–H groups in total. The van der Waals surface area contributed by atoms with Gasteiger partial charge in [0.05, 0.1) is 11.5 Å². The van der Waals surface area contributed by atoms with Gasteiger partial charge in [-0.2, -0.15) is 5.10 Å². The quantitative estimate of drug-likeness (QED) is 0.685. The number of amidine groups is 1. The Hall–Kier alpha value is -2.02. The van der Waals surface area contributed by atoms with Crippen molar-refractivity contribution >= 4 is 29.1 Å². The van der Waals surface area contributed by atoms with E-state index in [0.29, 0.717) is 10.9 Å². The highest BCUT2D eigenvalue weighted by molar-refractivity contribution is 8.15. The first-order chi connectivity index (χ1) is 10.1. The molecule has 2 heterocycles. The van der Waals surface area contributed by atoms with Crippen LogP contribution in [0.2, 0.25) is 0 Å². The van der Waals surface area contributed by atoms with Gasteiger partial charge in [-0.05, 0) is 29.7 Å². The van der Waals surface area contributed by atoms with Gasteiger partial charge in [-0.3, -0.25) is 4.79 Å². The van der Waals surface area contributed by atoms with Crippen LogP contribution in [0.25, 0.3) is 0 Å². The maximum atomic E-state index is 11.7. The molecule has 1 atom stereocenters. The number of carbonyl (C=O) groups excluding carboxylic acids is 1. The van der Waals surface area contributed by atoms with Gasteiger partial charge in [0.25, 0.3) is 0 Å². The summed E-state index contributed by atoms with van der Waals surface area (Å²) in [6.45, 7) is 4.27. The van der Waals surface area contributed by atoms with E-state index in [1.165, 1.54) is 11.8 Å². The molecule has 0 saturated carbocycles. The minimum atomic E-state index is -0.0931. The summed E-state index contributed by atoms with van der Waals surface area (Å²) >= 11 is 1.41. The zero-order chi connectivity index (χ0) is 14.8. The molecule has 3 rings (SSSR count). The van der Waals surface area contributed by atoms with Crippen molar-refractivity contribution in [2.45, 2.75) is 19.1 Å². The van der Waals surface area contributed by atoms with Gasteiger partial charge >= 0.3 is 0 Å². The molecule has 0 unspecified atom stereocenters. The molecule has 1 aromatic rings. The van der Waals surface area contributed by atoms with E-state index >= 15 is 0 Å². The molecule has 0 radical (unpaired) electrons. The van der Waals surface area contributed by atoms with Crippen LogP contribution in [-0.4, -0.2) is 29.3 Å². The molecular weight excluding hydrogens is 290 g/mol. The fourth-order valence-corrected chi connectivity index (χ4v) is 2.94. The van der Waals surface area contributed by atoms with E-state index in [9.17, 15) is 4.79 Å². The Balaban J connectivity index is 1.67. The molecule has 0 spiro atoms. The van der Waals surface area contributed by atoms with Crippen LogP contribution in [0.5, 0.6) is 11.5 Å². The Labute approximate surface area is 126 Å². The molecule has 1 aromatic carbocycles. The van der Waals surface area contributed by atoms with Crippen molar-refractivity contribution in [3.63, 3.8) is 0 Å². The van der Waals surface area contributed by atoms with E-state index in [2.05, 4.69) is 15.5 Å². The summed E-state index contributed by atoms with van der Waals surface area (Å²) in [5, 5.41) is 11.2. The average Bonchev–Trinajstić information content (AvgIpc) is 3.04. The number of hydrogen-bond donors (Lipinski definition) is 1. The number of hydrogen-bond acceptors (Lipinski definition) is 6. The molecule has 2 aliphatic rings. The molecule has 110 valence electrons. The largest absolute Gasteiger partial charge is 0.454 e. The molecule has 6 nitrogen and oxygen atoms in total. The van der Waals surface area contributed by atoms with Crippen molar-refractivity contribution in [1.29, 1.82) is 0 Å². The minimum absolute atomic E-state index is 0.00738. The Morgan fingerprint density at radius 3 is 2.95 bits per heavy atom. The highest BCUT2D eigenvalue weighted by atomic mass is 32.2. The first-order valence-corrected chi connectivity index (χ1v) is 7.49. The van der Waals surface area contributed by atoms with E-state index in [4.69, 9.17) is 9.47 Å². The number of benzene rings is 1. The van der Waals surface area contributed by atoms with Crippen molar-refractivity contribution in [3.8, 4) is 11.5 Å². The van der Waals surface area contributed by atoms with Gasteiger partial charge < -0.3 is 14.8 Å². The summed E-state index contributed by atoms with van der Waals surface area (Å²) in [6.07, 6.45) is 1.62. The van der Waals surface area contributed by atoms with E-state index in [1.54, 1.807) is 6.21 Å². The average molecular weight is 305 g/mol. The van der Waals surface area contributed by atoms with Gasteiger partial charge in [0.15, 0.2) is 16.7 Å². The van der Waals surface area contributed by atoms with Crippen LogP contribution in [0.15, 0.2) is 28.4 Å². The van der Waals surface area contributed by atoms with Crippen LogP contribution in [0.3, 0.4) is 0 Å². The molecular formula is C14H15N3O3S. The lowest BCUT2D eigenvalue weighted by atomic mass is 10.1. The summed E-state index contributed by atoms with van der Waals surface area (Å²) in [7, 11) is 0. The van der Waals surface area contributed by atoms with Gasteiger partial charge in [-0.25, -0.2) is 0 Å². The number of thioether (sulfide) groups is 1.